The van der Waals surface area contributed by atoms with Crippen molar-refractivity contribution in [3.63, 3.8) is 0 Å². The molecule has 0 spiro atoms. The van der Waals surface area contributed by atoms with Crippen molar-refractivity contribution in [2.75, 3.05) is 0 Å². The summed E-state index contributed by atoms with van der Waals surface area (Å²) in [6.07, 6.45) is 11.0. The lowest BCUT2D eigenvalue weighted by Crippen LogP contribution is -1.70. The van der Waals surface area contributed by atoms with E-state index in [1.807, 2.05) is 85.0 Å². The first-order chi connectivity index (χ1) is 9.95. The van der Waals surface area contributed by atoms with Crippen molar-refractivity contribution in [1.82, 2.24) is 0 Å². The standard InChI is InChI=1S/C18H16N2/c1-3-9-17(10-4-1)13-7-15-19-20-16-8-14-18-11-5-2-6-12-18/h1-16H. The van der Waals surface area contributed by atoms with E-state index in [0.717, 1.165) is 11.1 Å². The summed E-state index contributed by atoms with van der Waals surface area (Å²) in [5.74, 6) is 0. The smallest absolute Gasteiger partial charge is 0.0495 e. The highest BCUT2D eigenvalue weighted by Crippen LogP contribution is 2.00. The molecule has 0 atom stereocenters. The average Bonchev–Trinajstić information content (AvgIpc) is 2.52. The van der Waals surface area contributed by atoms with Crippen molar-refractivity contribution in [3.05, 3.63) is 83.9 Å². The van der Waals surface area contributed by atoms with Crippen LogP contribution >= 0.6 is 0 Å². The fourth-order valence-corrected chi connectivity index (χ4v) is 1.59. The van der Waals surface area contributed by atoms with E-state index >= 15 is 0 Å². The molecule has 0 saturated heterocycles. The zero-order valence-corrected chi connectivity index (χ0v) is 11.1. The molecule has 2 rings (SSSR count). The maximum absolute atomic E-state index is 3.92. The first-order valence-corrected chi connectivity index (χ1v) is 6.45. The highest BCUT2D eigenvalue weighted by atomic mass is 15.2. The minimum absolute atomic E-state index is 1.15. The molecule has 0 bridgehead atoms. The van der Waals surface area contributed by atoms with Gasteiger partial charge in [-0.2, -0.15) is 10.2 Å². The molecule has 0 unspecified atom stereocenters. The van der Waals surface area contributed by atoms with Gasteiger partial charge in [-0.3, -0.25) is 0 Å². The first kappa shape index (κ1) is 13.7. The van der Waals surface area contributed by atoms with Crippen LogP contribution in [0.15, 0.2) is 83.0 Å². The summed E-state index contributed by atoms with van der Waals surface area (Å²) in [5, 5.41) is 7.85. The Balaban J connectivity index is 1.77. The van der Waals surface area contributed by atoms with Crippen LogP contribution < -0.4 is 0 Å². The van der Waals surface area contributed by atoms with Crippen LogP contribution in [0.5, 0.6) is 0 Å². The van der Waals surface area contributed by atoms with Gasteiger partial charge in [0.1, 0.15) is 0 Å². The van der Waals surface area contributed by atoms with Crippen molar-refractivity contribution < 1.29 is 0 Å². The molecule has 0 aliphatic carbocycles. The van der Waals surface area contributed by atoms with Gasteiger partial charge in [0.15, 0.2) is 0 Å². The predicted octanol–water partition coefficient (Wildman–Crippen LogP) is 4.47. The molecule has 0 saturated carbocycles. The summed E-state index contributed by atoms with van der Waals surface area (Å²) in [5.41, 5.74) is 2.29. The summed E-state index contributed by atoms with van der Waals surface area (Å²) in [6, 6.07) is 20.2. The van der Waals surface area contributed by atoms with Crippen LogP contribution in [0.1, 0.15) is 11.1 Å². The molecule has 0 radical (unpaired) electrons. The van der Waals surface area contributed by atoms with E-state index in [0.29, 0.717) is 0 Å². The van der Waals surface area contributed by atoms with Gasteiger partial charge in [-0.1, -0.05) is 72.8 Å². The van der Waals surface area contributed by atoms with Crippen LogP contribution in [0.2, 0.25) is 0 Å². The van der Waals surface area contributed by atoms with E-state index < -0.39 is 0 Å². The van der Waals surface area contributed by atoms with Gasteiger partial charge in [0.05, 0.1) is 0 Å². The highest BCUT2D eigenvalue weighted by molar-refractivity contribution is 5.81. The molecule has 0 heterocycles. The summed E-state index contributed by atoms with van der Waals surface area (Å²) >= 11 is 0. The SMILES string of the molecule is C(=Cc1ccccc1)C=NN=CC=Cc1ccccc1. The van der Waals surface area contributed by atoms with Gasteiger partial charge in [-0.15, -0.1) is 0 Å². The van der Waals surface area contributed by atoms with Gasteiger partial charge in [0, 0.05) is 12.4 Å². The van der Waals surface area contributed by atoms with E-state index in [1.165, 1.54) is 0 Å². The van der Waals surface area contributed by atoms with Crippen molar-refractivity contribution in [1.29, 1.82) is 0 Å². The summed E-state index contributed by atoms with van der Waals surface area (Å²) in [7, 11) is 0. The molecule has 2 heteroatoms. The summed E-state index contributed by atoms with van der Waals surface area (Å²) in [6.45, 7) is 0. The number of allylic oxidation sites excluding steroid dienone is 2. The normalized spacial score (nSPS) is 12.2. The number of benzene rings is 2. The molecule has 0 fully saturated rings. The Bertz CT molecular complexity index is 551. The van der Waals surface area contributed by atoms with Gasteiger partial charge >= 0.3 is 0 Å². The molecule has 0 N–H and O–H groups in total. The number of nitrogens with zero attached hydrogens (tertiary/aromatic N) is 2. The van der Waals surface area contributed by atoms with E-state index in [-0.39, 0.29) is 0 Å². The van der Waals surface area contributed by atoms with Crippen molar-refractivity contribution in [2.24, 2.45) is 10.2 Å². The average molecular weight is 260 g/mol. The van der Waals surface area contributed by atoms with E-state index in [9.17, 15) is 0 Å². The minimum atomic E-state index is 1.15. The Hall–Kier alpha value is -2.74. The third-order valence-corrected chi connectivity index (χ3v) is 2.55. The van der Waals surface area contributed by atoms with Crippen molar-refractivity contribution >= 4 is 24.6 Å². The lowest BCUT2D eigenvalue weighted by molar-refractivity contribution is 1.27. The van der Waals surface area contributed by atoms with Crippen LogP contribution in [-0.2, 0) is 0 Å². The van der Waals surface area contributed by atoms with Crippen LogP contribution in [-0.4, -0.2) is 12.4 Å². The molecular formula is C18H16N2. The zero-order valence-electron chi connectivity index (χ0n) is 11.1. The van der Waals surface area contributed by atoms with Crippen LogP contribution in [0.25, 0.3) is 12.2 Å². The first-order valence-electron chi connectivity index (χ1n) is 6.45. The van der Waals surface area contributed by atoms with Gasteiger partial charge in [0.2, 0.25) is 0 Å². The van der Waals surface area contributed by atoms with Crippen LogP contribution in [0.4, 0.5) is 0 Å². The maximum Gasteiger partial charge on any atom is 0.0495 e. The molecule has 0 aliphatic rings. The second kappa shape index (κ2) is 8.38. The van der Waals surface area contributed by atoms with Crippen LogP contribution in [0.3, 0.4) is 0 Å². The summed E-state index contributed by atoms with van der Waals surface area (Å²) < 4.78 is 0. The fourth-order valence-electron chi connectivity index (χ4n) is 1.59. The van der Waals surface area contributed by atoms with Gasteiger partial charge in [0.25, 0.3) is 0 Å². The Labute approximate surface area is 119 Å². The molecule has 0 aromatic heterocycles. The second-order valence-electron chi connectivity index (χ2n) is 4.07. The highest BCUT2D eigenvalue weighted by Gasteiger charge is 1.80. The Morgan fingerprint density at radius 2 is 0.950 bits per heavy atom. The fraction of sp³-hybridized carbons (Fsp3) is 0. The maximum atomic E-state index is 3.92. The van der Waals surface area contributed by atoms with Crippen molar-refractivity contribution in [3.8, 4) is 0 Å². The summed E-state index contributed by atoms with van der Waals surface area (Å²) in [4.78, 5) is 0. The topological polar surface area (TPSA) is 24.7 Å². The monoisotopic (exact) mass is 260 g/mol. The van der Waals surface area contributed by atoms with E-state index in [1.54, 1.807) is 12.4 Å². The molecule has 20 heavy (non-hydrogen) atoms. The van der Waals surface area contributed by atoms with Crippen molar-refractivity contribution in [2.45, 2.75) is 0 Å². The lowest BCUT2D eigenvalue weighted by atomic mass is 10.2. The second-order valence-corrected chi connectivity index (χ2v) is 4.07. The number of hydrogen-bond donors (Lipinski definition) is 0. The van der Waals surface area contributed by atoms with E-state index in [4.69, 9.17) is 0 Å². The molecule has 2 nitrogen and oxygen atoms in total. The quantitative estimate of drug-likeness (QED) is 0.559. The minimum Gasteiger partial charge on any atom is -0.159 e. The molecule has 0 aliphatic heterocycles. The third-order valence-electron chi connectivity index (χ3n) is 2.55. The van der Waals surface area contributed by atoms with Gasteiger partial charge in [-0.25, -0.2) is 0 Å². The number of rotatable bonds is 5. The lowest BCUT2D eigenvalue weighted by Gasteiger charge is -1.88. The molecule has 2 aromatic rings. The largest absolute Gasteiger partial charge is 0.159 e. The van der Waals surface area contributed by atoms with Crippen LogP contribution in [0, 0.1) is 0 Å². The Kier molecular flexibility index (Phi) is 5.73. The third kappa shape index (κ3) is 5.27. The molecular weight excluding hydrogens is 244 g/mol. The molecule has 98 valence electrons. The predicted molar refractivity (Wildman–Crippen MR) is 87.9 cm³/mol. The molecule has 0 amide bonds. The zero-order chi connectivity index (χ0) is 13.9. The Morgan fingerprint density at radius 3 is 1.35 bits per heavy atom. The van der Waals surface area contributed by atoms with Gasteiger partial charge in [-0.05, 0) is 23.3 Å². The number of hydrogen-bond acceptors (Lipinski definition) is 2. The van der Waals surface area contributed by atoms with Gasteiger partial charge < -0.3 is 0 Å². The Morgan fingerprint density at radius 1 is 0.550 bits per heavy atom. The molecule has 2 aromatic carbocycles. The van der Waals surface area contributed by atoms with E-state index in [2.05, 4.69) is 10.2 Å².